The summed E-state index contributed by atoms with van der Waals surface area (Å²) < 4.78 is 5.39. The molecule has 0 bridgehead atoms. The van der Waals surface area contributed by atoms with Gasteiger partial charge in [0.1, 0.15) is 5.75 Å². The summed E-state index contributed by atoms with van der Waals surface area (Å²) in [4.78, 5) is 4.20. The van der Waals surface area contributed by atoms with Gasteiger partial charge in [0.2, 0.25) is 0 Å². The zero-order valence-corrected chi connectivity index (χ0v) is 11.7. The molecule has 0 aliphatic carbocycles. The van der Waals surface area contributed by atoms with Crippen molar-refractivity contribution in [1.29, 1.82) is 0 Å². The molecule has 2 N–H and O–H groups in total. The van der Waals surface area contributed by atoms with E-state index in [1.807, 2.05) is 31.2 Å². The third kappa shape index (κ3) is 3.32. The Morgan fingerprint density at radius 3 is 2.68 bits per heavy atom. The molecule has 100 valence electrons. The Kier molecular flexibility index (Phi) is 4.17. The molecule has 0 spiro atoms. The van der Waals surface area contributed by atoms with Gasteiger partial charge in [0.15, 0.2) is 0 Å². The molecule has 0 amide bonds. The first-order valence-corrected chi connectivity index (χ1v) is 6.42. The number of hydrogen-bond donors (Lipinski definition) is 1. The summed E-state index contributed by atoms with van der Waals surface area (Å²) >= 11 is 0. The number of nitrogens with zero attached hydrogens (tertiary/aromatic N) is 1. The SMILES string of the molecule is COc1ccc(C)cc1CC(N)c1ccnc(C)c1. The number of ether oxygens (including phenoxy) is 1. The summed E-state index contributed by atoms with van der Waals surface area (Å²) in [6.45, 7) is 4.05. The number of aromatic nitrogens is 1. The van der Waals surface area contributed by atoms with Crippen LogP contribution in [0.1, 0.15) is 28.4 Å². The lowest BCUT2D eigenvalue weighted by Crippen LogP contribution is -2.14. The van der Waals surface area contributed by atoms with Gasteiger partial charge in [0.25, 0.3) is 0 Å². The second kappa shape index (κ2) is 5.85. The molecule has 1 atom stereocenters. The van der Waals surface area contributed by atoms with Crippen LogP contribution in [0.5, 0.6) is 5.75 Å². The van der Waals surface area contributed by atoms with Crippen LogP contribution < -0.4 is 10.5 Å². The molecule has 0 saturated heterocycles. The standard InChI is InChI=1S/C16H20N2O/c1-11-4-5-16(19-3)14(8-11)10-15(17)13-6-7-18-12(2)9-13/h4-9,15H,10,17H2,1-3H3. The highest BCUT2D eigenvalue weighted by molar-refractivity contribution is 5.38. The van der Waals surface area contributed by atoms with Gasteiger partial charge in [-0.15, -0.1) is 0 Å². The van der Waals surface area contributed by atoms with Crippen molar-refractivity contribution in [3.05, 3.63) is 58.9 Å². The first-order chi connectivity index (χ1) is 9.10. The number of methoxy groups -OCH3 is 1. The molecule has 0 fully saturated rings. The van der Waals surface area contributed by atoms with Gasteiger partial charge in [0, 0.05) is 17.9 Å². The van der Waals surface area contributed by atoms with Crippen molar-refractivity contribution in [2.45, 2.75) is 26.3 Å². The van der Waals surface area contributed by atoms with Gasteiger partial charge >= 0.3 is 0 Å². The average Bonchev–Trinajstić information content (AvgIpc) is 2.39. The van der Waals surface area contributed by atoms with Gasteiger partial charge in [0.05, 0.1) is 7.11 Å². The number of benzene rings is 1. The molecule has 0 aliphatic heterocycles. The predicted octanol–water partition coefficient (Wildman–Crippen LogP) is 2.95. The second-order valence-electron chi connectivity index (χ2n) is 4.86. The molecule has 1 aromatic carbocycles. The summed E-state index contributed by atoms with van der Waals surface area (Å²) in [5.41, 5.74) is 10.7. The van der Waals surface area contributed by atoms with Crippen molar-refractivity contribution >= 4 is 0 Å². The van der Waals surface area contributed by atoms with Gasteiger partial charge in [-0.3, -0.25) is 4.98 Å². The normalized spacial score (nSPS) is 12.2. The number of hydrogen-bond acceptors (Lipinski definition) is 3. The molecular formula is C16H20N2O. The minimum atomic E-state index is -0.0441. The van der Waals surface area contributed by atoms with E-state index in [2.05, 4.69) is 18.0 Å². The van der Waals surface area contributed by atoms with Crippen molar-refractivity contribution in [3.63, 3.8) is 0 Å². The lowest BCUT2D eigenvalue weighted by molar-refractivity contribution is 0.408. The average molecular weight is 256 g/mol. The van der Waals surface area contributed by atoms with E-state index in [4.69, 9.17) is 10.5 Å². The van der Waals surface area contributed by atoms with Gasteiger partial charge < -0.3 is 10.5 Å². The molecule has 0 saturated carbocycles. The highest BCUT2D eigenvalue weighted by Crippen LogP contribution is 2.25. The van der Waals surface area contributed by atoms with Crippen molar-refractivity contribution in [2.75, 3.05) is 7.11 Å². The number of nitrogens with two attached hydrogens (primary N) is 1. The lowest BCUT2D eigenvalue weighted by Gasteiger charge is -2.15. The second-order valence-corrected chi connectivity index (χ2v) is 4.86. The predicted molar refractivity (Wildman–Crippen MR) is 77.3 cm³/mol. The number of aryl methyl sites for hydroxylation is 2. The van der Waals surface area contributed by atoms with Gasteiger partial charge in [-0.2, -0.15) is 0 Å². The molecular weight excluding hydrogens is 236 g/mol. The third-order valence-corrected chi connectivity index (χ3v) is 3.22. The van der Waals surface area contributed by atoms with Crippen LogP contribution in [0.3, 0.4) is 0 Å². The number of rotatable bonds is 4. The highest BCUT2D eigenvalue weighted by atomic mass is 16.5. The molecule has 1 unspecified atom stereocenters. The fourth-order valence-electron chi connectivity index (χ4n) is 2.22. The first kappa shape index (κ1) is 13.6. The van der Waals surface area contributed by atoms with E-state index in [0.717, 1.165) is 29.0 Å². The Morgan fingerprint density at radius 2 is 2.00 bits per heavy atom. The molecule has 2 aromatic rings. The van der Waals surface area contributed by atoms with Crippen molar-refractivity contribution < 1.29 is 4.74 Å². The Hall–Kier alpha value is -1.87. The van der Waals surface area contributed by atoms with Crippen LogP contribution in [-0.2, 0) is 6.42 Å². The molecule has 0 aliphatic rings. The largest absolute Gasteiger partial charge is 0.496 e. The first-order valence-electron chi connectivity index (χ1n) is 6.42. The van der Waals surface area contributed by atoms with Crippen LogP contribution in [0.15, 0.2) is 36.5 Å². The van der Waals surface area contributed by atoms with Crippen molar-refractivity contribution in [2.24, 2.45) is 5.73 Å². The third-order valence-electron chi connectivity index (χ3n) is 3.22. The molecule has 2 rings (SSSR count). The summed E-state index contributed by atoms with van der Waals surface area (Å²) in [7, 11) is 1.69. The van der Waals surface area contributed by atoms with Crippen LogP contribution in [0.2, 0.25) is 0 Å². The van der Waals surface area contributed by atoms with E-state index in [0.29, 0.717) is 0 Å². The molecule has 1 heterocycles. The van der Waals surface area contributed by atoms with E-state index < -0.39 is 0 Å². The maximum Gasteiger partial charge on any atom is 0.122 e. The minimum absolute atomic E-state index is 0.0441. The quantitative estimate of drug-likeness (QED) is 0.915. The van der Waals surface area contributed by atoms with Crippen LogP contribution >= 0.6 is 0 Å². The van der Waals surface area contributed by atoms with E-state index in [1.54, 1.807) is 13.3 Å². The Balaban J connectivity index is 2.23. The molecule has 0 radical (unpaired) electrons. The van der Waals surface area contributed by atoms with Crippen molar-refractivity contribution in [3.8, 4) is 5.75 Å². The highest BCUT2D eigenvalue weighted by Gasteiger charge is 2.11. The van der Waals surface area contributed by atoms with E-state index in [9.17, 15) is 0 Å². The molecule has 1 aromatic heterocycles. The Morgan fingerprint density at radius 1 is 1.21 bits per heavy atom. The van der Waals surface area contributed by atoms with E-state index in [1.165, 1.54) is 5.56 Å². The van der Waals surface area contributed by atoms with Crippen LogP contribution in [-0.4, -0.2) is 12.1 Å². The minimum Gasteiger partial charge on any atom is -0.496 e. The van der Waals surface area contributed by atoms with Gasteiger partial charge in [-0.1, -0.05) is 17.7 Å². The summed E-state index contributed by atoms with van der Waals surface area (Å²) in [6.07, 6.45) is 2.56. The maximum atomic E-state index is 6.29. The molecule has 3 nitrogen and oxygen atoms in total. The topological polar surface area (TPSA) is 48.1 Å². The zero-order valence-electron chi connectivity index (χ0n) is 11.7. The smallest absolute Gasteiger partial charge is 0.122 e. The van der Waals surface area contributed by atoms with Crippen molar-refractivity contribution in [1.82, 2.24) is 4.98 Å². The fraction of sp³-hybridized carbons (Fsp3) is 0.312. The summed E-state index contributed by atoms with van der Waals surface area (Å²) in [5.74, 6) is 0.895. The summed E-state index contributed by atoms with van der Waals surface area (Å²) in [5, 5.41) is 0. The summed E-state index contributed by atoms with van der Waals surface area (Å²) in [6, 6.07) is 10.1. The fourth-order valence-corrected chi connectivity index (χ4v) is 2.22. The van der Waals surface area contributed by atoms with Gasteiger partial charge in [-0.25, -0.2) is 0 Å². The van der Waals surface area contributed by atoms with Crippen LogP contribution in [0.4, 0.5) is 0 Å². The molecule has 3 heteroatoms. The zero-order chi connectivity index (χ0) is 13.8. The maximum absolute atomic E-state index is 6.29. The lowest BCUT2D eigenvalue weighted by atomic mass is 9.98. The van der Waals surface area contributed by atoms with E-state index >= 15 is 0 Å². The van der Waals surface area contributed by atoms with E-state index in [-0.39, 0.29) is 6.04 Å². The van der Waals surface area contributed by atoms with Crippen LogP contribution in [0, 0.1) is 13.8 Å². The number of pyridine rings is 1. The Labute approximate surface area is 114 Å². The molecule has 19 heavy (non-hydrogen) atoms. The van der Waals surface area contributed by atoms with Gasteiger partial charge in [-0.05, 0) is 49.6 Å². The van der Waals surface area contributed by atoms with Crippen LogP contribution in [0.25, 0.3) is 0 Å². The monoisotopic (exact) mass is 256 g/mol. The Bertz CT molecular complexity index is 566.